The van der Waals surface area contributed by atoms with E-state index in [2.05, 4.69) is 5.32 Å². The topological polar surface area (TPSA) is 125 Å². The number of carboxylic acids is 1. The van der Waals surface area contributed by atoms with Crippen molar-refractivity contribution < 1.29 is 19.6 Å². The molecule has 0 heterocycles. The summed E-state index contributed by atoms with van der Waals surface area (Å²) in [7, 11) is 1.35. The third-order valence-corrected chi connectivity index (χ3v) is 2.30. The summed E-state index contributed by atoms with van der Waals surface area (Å²) >= 11 is 0. The summed E-state index contributed by atoms with van der Waals surface area (Å²) in [4.78, 5) is 20.9. The number of benzene rings is 1. The number of carbonyl (C=O) groups is 1. The first-order valence-corrected chi connectivity index (χ1v) is 5.16. The van der Waals surface area contributed by atoms with Gasteiger partial charge in [0.1, 0.15) is 12.1 Å². The molecule has 2 N–H and O–H groups in total. The van der Waals surface area contributed by atoms with Crippen molar-refractivity contribution in [3.63, 3.8) is 0 Å². The molecule has 0 radical (unpaired) electrons. The second kappa shape index (κ2) is 6.32. The van der Waals surface area contributed by atoms with Crippen molar-refractivity contribution >= 4 is 17.3 Å². The first-order chi connectivity index (χ1) is 8.99. The molecule has 0 fully saturated rings. The van der Waals surface area contributed by atoms with Crippen molar-refractivity contribution in [2.75, 3.05) is 19.0 Å². The van der Waals surface area contributed by atoms with Gasteiger partial charge in [0.2, 0.25) is 0 Å². The zero-order chi connectivity index (χ0) is 14.4. The Morgan fingerprint density at radius 3 is 2.84 bits per heavy atom. The van der Waals surface area contributed by atoms with Gasteiger partial charge >= 0.3 is 5.97 Å². The van der Waals surface area contributed by atoms with Gasteiger partial charge in [0, 0.05) is 19.2 Å². The molecule has 1 aromatic rings. The molecule has 0 aliphatic rings. The molecular formula is C11H11N3O5. The SMILES string of the molecule is COCC(Nc1ccc([N+](=O)[O-])cc1C#N)C(=O)O. The molecule has 0 aliphatic heterocycles. The highest BCUT2D eigenvalue weighted by atomic mass is 16.6. The summed E-state index contributed by atoms with van der Waals surface area (Å²) in [5.74, 6) is -1.15. The first kappa shape index (κ1) is 14.4. The highest BCUT2D eigenvalue weighted by Crippen LogP contribution is 2.22. The summed E-state index contributed by atoms with van der Waals surface area (Å²) in [5, 5.41) is 31.0. The number of nitro benzene ring substituents is 1. The number of nitrogens with zero attached hydrogens (tertiary/aromatic N) is 2. The van der Waals surface area contributed by atoms with E-state index in [4.69, 9.17) is 15.1 Å². The molecule has 8 nitrogen and oxygen atoms in total. The van der Waals surface area contributed by atoms with Crippen LogP contribution in [-0.4, -0.2) is 35.8 Å². The van der Waals surface area contributed by atoms with Crippen LogP contribution in [0.1, 0.15) is 5.56 Å². The molecule has 1 rings (SSSR count). The van der Waals surface area contributed by atoms with Gasteiger partial charge in [0.05, 0.1) is 22.8 Å². The lowest BCUT2D eigenvalue weighted by atomic mass is 10.1. The van der Waals surface area contributed by atoms with Gasteiger partial charge in [-0.25, -0.2) is 4.79 Å². The molecule has 0 amide bonds. The van der Waals surface area contributed by atoms with E-state index in [0.717, 1.165) is 6.07 Å². The Labute approximate surface area is 108 Å². The van der Waals surface area contributed by atoms with Gasteiger partial charge in [-0.15, -0.1) is 0 Å². The largest absolute Gasteiger partial charge is 0.480 e. The number of carboxylic acid groups (broad SMARTS) is 1. The average molecular weight is 265 g/mol. The Kier molecular flexibility index (Phi) is 4.79. The summed E-state index contributed by atoms with van der Waals surface area (Å²) in [6.45, 7) is -0.100. The fourth-order valence-corrected chi connectivity index (χ4v) is 1.39. The van der Waals surface area contributed by atoms with Crippen molar-refractivity contribution in [2.24, 2.45) is 0 Å². The second-order valence-corrected chi connectivity index (χ2v) is 3.59. The van der Waals surface area contributed by atoms with Crippen LogP contribution < -0.4 is 5.32 Å². The molecule has 1 aromatic carbocycles. The maximum atomic E-state index is 10.9. The molecule has 0 saturated carbocycles. The van der Waals surface area contributed by atoms with Crippen LogP contribution in [0.2, 0.25) is 0 Å². The Balaban J connectivity index is 3.04. The van der Waals surface area contributed by atoms with Crippen molar-refractivity contribution in [3.8, 4) is 6.07 Å². The number of hydrogen-bond donors (Lipinski definition) is 2. The van der Waals surface area contributed by atoms with Gasteiger partial charge in [0.15, 0.2) is 0 Å². The van der Waals surface area contributed by atoms with E-state index in [1.54, 1.807) is 6.07 Å². The number of anilines is 1. The number of rotatable bonds is 6. The van der Waals surface area contributed by atoms with Crippen LogP contribution in [0.25, 0.3) is 0 Å². The zero-order valence-corrected chi connectivity index (χ0v) is 9.99. The molecule has 100 valence electrons. The average Bonchev–Trinajstić information content (AvgIpc) is 2.38. The molecule has 1 atom stereocenters. The number of nitrogens with one attached hydrogen (secondary N) is 1. The van der Waals surface area contributed by atoms with E-state index in [1.807, 2.05) is 0 Å². The smallest absolute Gasteiger partial charge is 0.328 e. The second-order valence-electron chi connectivity index (χ2n) is 3.59. The highest BCUT2D eigenvalue weighted by Gasteiger charge is 2.19. The normalized spacial score (nSPS) is 11.4. The van der Waals surface area contributed by atoms with E-state index < -0.39 is 16.9 Å². The Bertz CT molecular complexity index is 538. The van der Waals surface area contributed by atoms with Crippen molar-refractivity contribution in [1.29, 1.82) is 5.26 Å². The van der Waals surface area contributed by atoms with Crippen LogP contribution in [0, 0.1) is 21.4 Å². The van der Waals surface area contributed by atoms with E-state index >= 15 is 0 Å². The van der Waals surface area contributed by atoms with Crippen molar-refractivity contribution in [3.05, 3.63) is 33.9 Å². The summed E-state index contributed by atoms with van der Waals surface area (Å²) < 4.78 is 4.74. The summed E-state index contributed by atoms with van der Waals surface area (Å²) in [6, 6.07) is 4.29. The van der Waals surface area contributed by atoms with Crippen LogP contribution in [-0.2, 0) is 9.53 Å². The zero-order valence-electron chi connectivity index (χ0n) is 9.99. The molecule has 0 saturated heterocycles. The maximum absolute atomic E-state index is 10.9. The minimum absolute atomic E-state index is 0.00319. The van der Waals surface area contributed by atoms with Crippen LogP contribution in [0.15, 0.2) is 18.2 Å². The molecular weight excluding hydrogens is 254 g/mol. The van der Waals surface area contributed by atoms with Crippen molar-refractivity contribution in [2.45, 2.75) is 6.04 Å². The lowest BCUT2D eigenvalue weighted by Gasteiger charge is -2.15. The molecule has 0 aromatic heterocycles. The number of nitriles is 1. The predicted molar refractivity (Wildman–Crippen MR) is 64.7 cm³/mol. The molecule has 1 unspecified atom stereocenters. The van der Waals surface area contributed by atoms with Crippen LogP contribution >= 0.6 is 0 Å². The highest BCUT2D eigenvalue weighted by molar-refractivity contribution is 5.78. The predicted octanol–water partition coefficient (Wildman–Crippen LogP) is 0.978. The quantitative estimate of drug-likeness (QED) is 0.579. The van der Waals surface area contributed by atoms with Gasteiger partial charge in [-0.1, -0.05) is 0 Å². The minimum atomic E-state index is -1.15. The van der Waals surface area contributed by atoms with Crippen LogP contribution in [0.5, 0.6) is 0 Å². The van der Waals surface area contributed by atoms with Crippen LogP contribution in [0.4, 0.5) is 11.4 Å². The third-order valence-electron chi connectivity index (χ3n) is 2.30. The fraction of sp³-hybridized carbons (Fsp3) is 0.273. The van der Waals surface area contributed by atoms with Gasteiger partial charge in [-0.05, 0) is 6.07 Å². The lowest BCUT2D eigenvalue weighted by Crippen LogP contribution is -2.33. The number of methoxy groups -OCH3 is 1. The molecule has 8 heteroatoms. The van der Waals surface area contributed by atoms with E-state index in [0.29, 0.717) is 0 Å². The Hall–Kier alpha value is -2.66. The van der Waals surface area contributed by atoms with Gasteiger partial charge < -0.3 is 15.2 Å². The third kappa shape index (κ3) is 3.65. The van der Waals surface area contributed by atoms with Crippen molar-refractivity contribution in [1.82, 2.24) is 0 Å². The van der Waals surface area contributed by atoms with Gasteiger partial charge in [-0.2, -0.15) is 5.26 Å². The van der Waals surface area contributed by atoms with E-state index in [1.165, 1.54) is 19.2 Å². The summed E-state index contributed by atoms with van der Waals surface area (Å²) in [6.07, 6.45) is 0. The summed E-state index contributed by atoms with van der Waals surface area (Å²) in [5.41, 5.74) is -0.0326. The molecule has 0 spiro atoms. The molecule has 0 aliphatic carbocycles. The fourth-order valence-electron chi connectivity index (χ4n) is 1.39. The Morgan fingerprint density at radius 1 is 1.68 bits per heavy atom. The minimum Gasteiger partial charge on any atom is -0.480 e. The number of ether oxygens (including phenoxy) is 1. The van der Waals surface area contributed by atoms with Crippen LogP contribution in [0.3, 0.4) is 0 Å². The van der Waals surface area contributed by atoms with Gasteiger partial charge in [-0.3, -0.25) is 10.1 Å². The molecule has 19 heavy (non-hydrogen) atoms. The standard InChI is InChI=1S/C11H11N3O5/c1-19-6-10(11(15)16)13-9-3-2-8(14(17)18)4-7(9)5-12/h2-4,10,13H,6H2,1H3,(H,15,16). The van der Waals surface area contributed by atoms with Gasteiger partial charge in [0.25, 0.3) is 5.69 Å². The maximum Gasteiger partial charge on any atom is 0.328 e. The first-order valence-electron chi connectivity index (χ1n) is 5.16. The number of nitro groups is 1. The number of aliphatic carboxylic acids is 1. The number of non-ortho nitro benzene ring substituents is 1. The van der Waals surface area contributed by atoms with E-state index in [-0.39, 0.29) is 23.5 Å². The monoisotopic (exact) mass is 265 g/mol. The lowest BCUT2D eigenvalue weighted by molar-refractivity contribution is -0.384. The molecule has 0 bridgehead atoms. The Morgan fingerprint density at radius 2 is 2.37 bits per heavy atom. The van der Waals surface area contributed by atoms with E-state index in [9.17, 15) is 14.9 Å². The number of hydrogen-bond acceptors (Lipinski definition) is 6.